The van der Waals surface area contributed by atoms with E-state index in [0.29, 0.717) is 22.9 Å². The molecule has 1 aliphatic rings. The van der Waals surface area contributed by atoms with Gasteiger partial charge in [-0.15, -0.1) is 0 Å². The number of hydrogen-bond donors (Lipinski definition) is 3. The number of benzene rings is 2. The molecule has 1 aromatic heterocycles. The monoisotopic (exact) mass is 628 g/mol. The lowest BCUT2D eigenvalue weighted by Crippen LogP contribution is -2.28. The number of hydrogen-bond acceptors (Lipinski definition) is 6. The first kappa shape index (κ1) is 26.4. The molecule has 0 radical (unpaired) electrons. The highest BCUT2D eigenvalue weighted by molar-refractivity contribution is 14.1. The Labute approximate surface area is 221 Å². The Balaban J connectivity index is 1.68. The summed E-state index contributed by atoms with van der Waals surface area (Å²) >= 11 is 2.09. The van der Waals surface area contributed by atoms with E-state index in [1.165, 1.54) is 0 Å². The maximum Gasteiger partial charge on any atom is 0.277 e. The molecule has 190 valence electrons. The van der Waals surface area contributed by atoms with E-state index in [-0.39, 0.29) is 13.2 Å². The number of sulfonamides is 1. The molecule has 0 bridgehead atoms. The van der Waals surface area contributed by atoms with Crippen LogP contribution in [0.25, 0.3) is 0 Å². The molecular formula is C24H23F2IN4O4S. The lowest BCUT2D eigenvalue weighted by Gasteiger charge is -2.17. The quantitative estimate of drug-likeness (QED) is 0.224. The number of carbonyl (C=O) groups excluding carboxylic acids is 1. The number of nitrogens with one attached hydrogen (secondary N) is 3. The molecule has 0 saturated heterocycles. The van der Waals surface area contributed by atoms with Crippen molar-refractivity contribution in [2.75, 3.05) is 11.9 Å². The predicted octanol–water partition coefficient (Wildman–Crippen LogP) is 4.57. The van der Waals surface area contributed by atoms with Crippen molar-refractivity contribution < 1.29 is 26.8 Å². The second-order valence-corrected chi connectivity index (χ2v) is 11.3. The van der Waals surface area contributed by atoms with Crippen LogP contribution >= 0.6 is 22.6 Å². The van der Waals surface area contributed by atoms with Crippen LogP contribution in [0.2, 0.25) is 0 Å². The van der Waals surface area contributed by atoms with Gasteiger partial charge in [-0.2, -0.15) is 0 Å². The topological polar surface area (TPSA) is 109 Å². The number of aryl methyl sites for hydroxylation is 1. The summed E-state index contributed by atoms with van der Waals surface area (Å²) in [5, 5.41) is 2.69. The van der Waals surface area contributed by atoms with Gasteiger partial charge in [-0.05, 0) is 90.2 Å². The first-order valence-corrected chi connectivity index (χ1v) is 13.6. The molecule has 3 N–H and O–H groups in total. The third kappa shape index (κ3) is 6.35. The van der Waals surface area contributed by atoms with Crippen molar-refractivity contribution in [1.82, 2.24) is 15.2 Å². The van der Waals surface area contributed by atoms with Crippen LogP contribution in [0, 0.1) is 28.0 Å². The second-order valence-electron chi connectivity index (χ2n) is 8.32. The molecule has 1 heterocycles. The molecule has 0 atom stereocenters. The molecule has 1 saturated carbocycles. The zero-order valence-electron chi connectivity index (χ0n) is 19.1. The standard InChI is InChI=1S/C24H23F2IN4O4S/c1-14-16(3-2-10-28-14)12-29-36(33,34)20-11-19(24(32)31-35-13-15-4-5-15)23(22(26)21(20)25)30-18-8-6-17(27)7-9-18/h2-3,6-11,15,29-30H,4-5,12-13H2,1H3,(H,31,32). The zero-order valence-corrected chi connectivity index (χ0v) is 22.1. The predicted molar refractivity (Wildman–Crippen MR) is 138 cm³/mol. The minimum atomic E-state index is -4.55. The molecule has 0 spiro atoms. The normalized spacial score (nSPS) is 13.4. The Morgan fingerprint density at radius 2 is 1.89 bits per heavy atom. The summed E-state index contributed by atoms with van der Waals surface area (Å²) in [6.07, 6.45) is 3.51. The van der Waals surface area contributed by atoms with Gasteiger partial charge in [-0.25, -0.2) is 27.4 Å². The van der Waals surface area contributed by atoms with Crippen LogP contribution in [0.1, 0.15) is 34.5 Å². The smallest absolute Gasteiger partial charge is 0.277 e. The molecule has 1 aliphatic carbocycles. The summed E-state index contributed by atoms with van der Waals surface area (Å²) in [4.78, 5) is 21.2. The van der Waals surface area contributed by atoms with Crippen molar-refractivity contribution in [2.24, 2.45) is 5.92 Å². The number of halogens is 3. The third-order valence-corrected chi connectivity index (χ3v) is 7.69. The van der Waals surface area contributed by atoms with Gasteiger partial charge in [0.15, 0.2) is 11.6 Å². The summed E-state index contributed by atoms with van der Waals surface area (Å²) in [7, 11) is -4.55. The fraction of sp³-hybridized carbons (Fsp3) is 0.250. The maximum absolute atomic E-state index is 15.3. The lowest BCUT2D eigenvalue weighted by atomic mass is 10.1. The average molecular weight is 628 g/mol. The third-order valence-electron chi connectivity index (χ3n) is 5.57. The zero-order chi connectivity index (χ0) is 25.9. The fourth-order valence-electron chi connectivity index (χ4n) is 3.30. The first-order valence-electron chi connectivity index (χ1n) is 11.0. The van der Waals surface area contributed by atoms with Crippen molar-refractivity contribution in [3.63, 3.8) is 0 Å². The Morgan fingerprint density at radius 3 is 2.56 bits per heavy atom. The van der Waals surface area contributed by atoms with Crippen molar-refractivity contribution in [2.45, 2.75) is 31.2 Å². The van der Waals surface area contributed by atoms with E-state index < -0.39 is 43.7 Å². The molecule has 0 aliphatic heterocycles. The molecule has 12 heteroatoms. The molecule has 36 heavy (non-hydrogen) atoms. The minimum Gasteiger partial charge on any atom is -0.352 e. The van der Waals surface area contributed by atoms with Crippen LogP contribution in [0.3, 0.4) is 0 Å². The fourth-order valence-corrected chi connectivity index (χ4v) is 4.76. The van der Waals surface area contributed by atoms with E-state index in [9.17, 15) is 13.2 Å². The van der Waals surface area contributed by atoms with Crippen LogP contribution in [-0.4, -0.2) is 25.9 Å². The van der Waals surface area contributed by atoms with Crippen molar-refractivity contribution in [1.29, 1.82) is 0 Å². The maximum atomic E-state index is 15.3. The molecule has 1 amide bonds. The summed E-state index contributed by atoms with van der Waals surface area (Å²) in [5.74, 6) is -3.71. The molecule has 8 nitrogen and oxygen atoms in total. The Hall–Kier alpha value is -2.68. The van der Waals surface area contributed by atoms with E-state index in [1.54, 1.807) is 49.5 Å². The number of hydroxylamine groups is 1. The summed E-state index contributed by atoms with van der Waals surface area (Å²) in [6.45, 7) is 1.77. The van der Waals surface area contributed by atoms with Crippen LogP contribution in [0.5, 0.6) is 0 Å². The van der Waals surface area contributed by atoms with Gasteiger partial charge in [0.05, 0.1) is 17.9 Å². The summed E-state index contributed by atoms with van der Waals surface area (Å²) in [5.41, 5.74) is 2.78. The second kappa shape index (κ2) is 11.2. The van der Waals surface area contributed by atoms with E-state index in [0.717, 1.165) is 22.5 Å². The number of pyridine rings is 1. The van der Waals surface area contributed by atoms with Gasteiger partial charge in [0.1, 0.15) is 4.90 Å². The van der Waals surface area contributed by atoms with E-state index in [2.05, 4.69) is 43.1 Å². The number of carbonyl (C=O) groups is 1. The first-order chi connectivity index (χ1) is 17.2. The highest BCUT2D eigenvalue weighted by atomic mass is 127. The Kier molecular flexibility index (Phi) is 8.17. The molecule has 1 fully saturated rings. The van der Waals surface area contributed by atoms with Gasteiger partial charge in [0.25, 0.3) is 5.91 Å². The highest BCUT2D eigenvalue weighted by Crippen LogP contribution is 2.32. The van der Waals surface area contributed by atoms with Gasteiger partial charge in [-0.1, -0.05) is 6.07 Å². The molecule has 4 rings (SSSR count). The van der Waals surface area contributed by atoms with E-state index in [1.807, 2.05) is 0 Å². The highest BCUT2D eigenvalue weighted by Gasteiger charge is 2.30. The van der Waals surface area contributed by atoms with E-state index >= 15 is 8.78 Å². The Bertz CT molecular complexity index is 1380. The number of amides is 1. The van der Waals surface area contributed by atoms with Crippen LogP contribution in [0.15, 0.2) is 53.6 Å². The van der Waals surface area contributed by atoms with Gasteiger partial charge in [-0.3, -0.25) is 14.6 Å². The van der Waals surface area contributed by atoms with Gasteiger partial charge < -0.3 is 5.32 Å². The number of nitrogens with zero attached hydrogens (tertiary/aromatic N) is 1. The molecular weight excluding hydrogens is 605 g/mol. The Morgan fingerprint density at radius 1 is 1.17 bits per heavy atom. The lowest BCUT2D eigenvalue weighted by molar-refractivity contribution is 0.0270. The average Bonchev–Trinajstić information content (AvgIpc) is 3.67. The van der Waals surface area contributed by atoms with Crippen molar-refractivity contribution in [3.8, 4) is 0 Å². The van der Waals surface area contributed by atoms with Crippen LogP contribution in [-0.2, 0) is 21.4 Å². The molecule has 3 aromatic rings. The minimum absolute atomic E-state index is 0.197. The summed E-state index contributed by atoms with van der Waals surface area (Å²) < 4.78 is 59.5. The van der Waals surface area contributed by atoms with Gasteiger partial charge in [0, 0.05) is 27.7 Å². The summed E-state index contributed by atoms with van der Waals surface area (Å²) in [6, 6.07) is 10.8. The molecule has 0 unspecified atom stereocenters. The molecule has 2 aromatic carbocycles. The van der Waals surface area contributed by atoms with Crippen molar-refractivity contribution in [3.05, 3.63) is 80.7 Å². The van der Waals surface area contributed by atoms with Gasteiger partial charge in [0.2, 0.25) is 10.0 Å². The number of anilines is 2. The van der Waals surface area contributed by atoms with Crippen molar-refractivity contribution >= 4 is 49.9 Å². The number of rotatable bonds is 10. The van der Waals surface area contributed by atoms with Crippen LogP contribution < -0.4 is 15.5 Å². The largest absolute Gasteiger partial charge is 0.352 e. The van der Waals surface area contributed by atoms with Crippen LogP contribution in [0.4, 0.5) is 20.2 Å². The number of aromatic nitrogens is 1. The van der Waals surface area contributed by atoms with Gasteiger partial charge >= 0.3 is 0 Å². The van der Waals surface area contributed by atoms with E-state index in [4.69, 9.17) is 4.84 Å². The SMILES string of the molecule is Cc1ncccc1CNS(=O)(=O)c1cc(C(=O)NOCC2CC2)c(Nc2ccc(I)cc2)c(F)c1F.